The molecule has 4 heteroatoms. The standard InChI is InChI=1S/C15H22N2O2/c1-3-6-17(13-8-16-9-13)11(2)12-4-5-14-15(7-12)19-10-18-14/h4-5,7,11,13,16H,3,6,8-10H2,1-2H3. The first-order valence-electron chi connectivity index (χ1n) is 7.15. The maximum atomic E-state index is 5.48. The van der Waals surface area contributed by atoms with Crippen LogP contribution in [0.4, 0.5) is 0 Å². The molecule has 0 amide bonds. The number of nitrogens with one attached hydrogen (secondary N) is 1. The average Bonchev–Trinajstić information content (AvgIpc) is 2.82. The van der Waals surface area contributed by atoms with Crippen LogP contribution in [0.25, 0.3) is 0 Å². The van der Waals surface area contributed by atoms with Crippen LogP contribution in [-0.4, -0.2) is 37.4 Å². The van der Waals surface area contributed by atoms with E-state index in [0.717, 1.165) is 31.1 Å². The van der Waals surface area contributed by atoms with Crippen molar-refractivity contribution in [3.05, 3.63) is 23.8 Å². The zero-order valence-electron chi connectivity index (χ0n) is 11.7. The summed E-state index contributed by atoms with van der Waals surface area (Å²) in [5.74, 6) is 1.75. The summed E-state index contributed by atoms with van der Waals surface area (Å²) in [5, 5.41) is 3.36. The van der Waals surface area contributed by atoms with E-state index >= 15 is 0 Å². The van der Waals surface area contributed by atoms with Crippen LogP contribution in [0.3, 0.4) is 0 Å². The van der Waals surface area contributed by atoms with Crippen molar-refractivity contribution in [2.75, 3.05) is 26.4 Å². The molecule has 0 bridgehead atoms. The van der Waals surface area contributed by atoms with Crippen LogP contribution in [0.2, 0.25) is 0 Å². The van der Waals surface area contributed by atoms with Gasteiger partial charge in [-0.1, -0.05) is 13.0 Å². The van der Waals surface area contributed by atoms with Crippen LogP contribution in [0, 0.1) is 0 Å². The molecule has 1 saturated heterocycles. The Labute approximate surface area is 114 Å². The summed E-state index contributed by atoms with van der Waals surface area (Å²) in [6.07, 6.45) is 1.19. The van der Waals surface area contributed by atoms with E-state index in [4.69, 9.17) is 9.47 Å². The topological polar surface area (TPSA) is 33.7 Å². The lowest BCUT2D eigenvalue weighted by Gasteiger charge is -2.42. The van der Waals surface area contributed by atoms with Crippen LogP contribution in [0.15, 0.2) is 18.2 Å². The lowest BCUT2D eigenvalue weighted by molar-refractivity contribution is 0.103. The zero-order valence-corrected chi connectivity index (χ0v) is 11.7. The van der Waals surface area contributed by atoms with Gasteiger partial charge in [-0.25, -0.2) is 0 Å². The van der Waals surface area contributed by atoms with Gasteiger partial charge < -0.3 is 14.8 Å². The van der Waals surface area contributed by atoms with E-state index in [0.29, 0.717) is 18.9 Å². The summed E-state index contributed by atoms with van der Waals surface area (Å²) >= 11 is 0. The van der Waals surface area contributed by atoms with Crippen molar-refractivity contribution in [1.29, 1.82) is 0 Å². The Morgan fingerprint density at radius 2 is 2.11 bits per heavy atom. The summed E-state index contributed by atoms with van der Waals surface area (Å²) < 4.78 is 10.9. The minimum Gasteiger partial charge on any atom is -0.454 e. The Bertz CT molecular complexity index is 446. The molecule has 1 aromatic rings. The van der Waals surface area contributed by atoms with Crippen molar-refractivity contribution in [1.82, 2.24) is 10.2 Å². The van der Waals surface area contributed by atoms with Gasteiger partial charge >= 0.3 is 0 Å². The predicted octanol–water partition coefficient (Wildman–Crippen LogP) is 2.16. The van der Waals surface area contributed by atoms with Crippen LogP contribution in [0.1, 0.15) is 31.9 Å². The lowest BCUT2D eigenvalue weighted by atomic mass is 10.0. The van der Waals surface area contributed by atoms with Gasteiger partial charge in [0.1, 0.15) is 0 Å². The van der Waals surface area contributed by atoms with E-state index in [-0.39, 0.29) is 0 Å². The fraction of sp³-hybridized carbons (Fsp3) is 0.600. The summed E-state index contributed by atoms with van der Waals surface area (Å²) in [5.41, 5.74) is 1.31. The highest BCUT2D eigenvalue weighted by Crippen LogP contribution is 2.36. The van der Waals surface area contributed by atoms with Crippen molar-refractivity contribution >= 4 is 0 Å². The molecule has 1 fully saturated rings. The van der Waals surface area contributed by atoms with Crippen LogP contribution in [0.5, 0.6) is 11.5 Å². The molecule has 0 radical (unpaired) electrons. The van der Waals surface area contributed by atoms with Gasteiger partial charge in [0, 0.05) is 25.2 Å². The second-order valence-electron chi connectivity index (χ2n) is 5.34. The van der Waals surface area contributed by atoms with E-state index in [2.05, 4.69) is 36.2 Å². The number of ether oxygens (including phenoxy) is 2. The molecule has 104 valence electrons. The number of hydrogen-bond acceptors (Lipinski definition) is 4. The molecule has 0 saturated carbocycles. The molecule has 1 aromatic carbocycles. The minimum absolute atomic E-state index is 0.346. The number of benzene rings is 1. The summed E-state index contributed by atoms with van der Waals surface area (Å²) in [7, 11) is 0. The van der Waals surface area contributed by atoms with Gasteiger partial charge in [-0.2, -0.15) is 0 Å². The van der Waals surface area contributed by atoms with Crippen molar-refractivity contribution in [3.8, 4) is 11.5 Å². The highest BCUT2D eigenvalue weighted by molar-refractivity contribution is 5.45. The SMILES string of the molecule is CCCN(C1CNC1)C(C)c1ccc2c(c1)OCO2. The second kappa shape index (κ2) is 5.39. The summed E-state index contributed by atoms with van der Waals surface area (Å²) in [6, 6.07) is 7.40. The number of fused-ring (bicyclic) bond motifs is 1. The van der Waals surface area contributed by atoms with Gasteiger partial charge in [0.2, 0.25) is 6.79 Å². The second-order valence-corrected chi connectivity index (χ2v) is 5.34. The minimum atomic E-state index is 0.346. The monoisotopic (exact) mass is 262 g/mol. The van der Waals surface area contributed by atoms with Gasteiger partial charge in [0.15, 0.2) is 11.5 Å². The number of nitrogens with zero attached hydrogens (tertiary/aromatic N) is 1. The first kappa shape index (κ1) is 12.8. The molecule has 1 N–H and O–H groups in total. The van der Waals surface area contributed by atoms with Crippen molar-refractivity contribution in [2.24, 2.45) is 0 Å². The third-order valence-electron chi connectivity index (χ3n) is 4.09. The molecule has 2 heterocycles. The molecule has 3 rings (SSSR count). The van der Waals surface area contributed by atoms with E-state index in [9.17, 15) is 0 Å². The first-order chi connectivity index (χ1) is 9.29. The van der Waals surface area contributed by atoms with Crippen LogP contribution < -0.4 is 14.8 Å². The zero-order chi connectivity index (χ0) is 13.2. The first-order valence-corrected chi connectivity index (χ1v) is 7.15. The molecule has 0 spiro atoms. The quantitative estimate of drug-likeness (QED) is 0.881. The fourth-order valence-electron chi connectivity index (χ4n) is 2.82. The maximum absolute atomic E-state index is 5.48. The van der Waals surface area contributed by atoms with Crippen molar-refractivity contribution in [3.63, 3.8) is 0 Å². The Hall–Kier alpha value is -1.26. The van der Waals surface area contributed by atoms with Crippen molar-refractivity contribution in [2.45, 2.75) is 32.4 Å². The maximum Gasteiger partial charge on any atom is 0.231 e. The molecule has 2 aliphatic heterocycles. The Kier molecular flexibility index (Phi) is 3.62. The predicted molar refractivity (Wildman–Crippen MR) is 74.6 cm³/mol. The van der Waals surface area contributed by atoms with Gasteiger partial charge in [0.05, 0.1) is 0 Å². The van der Waals surface area contributed by atoms with Gasteiger partial charge in [-0.05, 0) is 37.6 Å². The largest absolute Gasteiger partial charge is 0.454 e. The summed E-state index contributed by atoms with van der Waals surface area (Å²) in [6.45, 7) is 8.22. The molecule has 1 atom stereocenters. The Morgan fingerprint density at radius 3 is 2.79 bits per heavy atom. The van der Waals surface area contributed by atoms with Crippen LogP contribution >= 0.6 is 0 Å². The molecule has 1 unspecified atom stereocenters. The fourth-order valence-corrected chi connectivity index (χ4v) is 2.82. The molecule has 0 aliphatic carbocycles. The molecule has 4 nitrogen and oxygen atoms in total. The number of hydrogen-bond donors (Lipinski definition) is 1. The lowest BCUT2D eigenvalue weighted by Crippen LogP contribution is -2.57. The molecular weight excluding hydrogens is 240 g/mol. The van der Waals surface area contributed by atoms with E-state index in [1.54, 1.807) is 0 Å². The Balaban J connectivity index is 1.78. The van der Waals surface area contributed by atoms with Crippen molar-refractivity contribution < 1.29 is 9.47 Å². The van der Waals surface area contributed by atoms with Crippen LogP contribution in [-0.2, 0) is 0 Å². The third-order valence-corrected chi connectivity index (χ3v) is 4.09. The normalized spacial score (nSPS) is 19.5. The van der Waals surface area contributed by atoms with E-state index < -0.39 is 0 Å². The van der Waals surface area contributed by atoms with Gasteiger partial charge in [-0.3, -0.25) is 4.90 Å². The van der Waals surface area contributed by atoms with E-state index in [1.165, 1.54) is 12.0 Å². The molecular formula is C15H22N2O2. The van der Waals surface area contributed by atoms with Gasteiger partial charge in [0.25, 0.3) is 0 Å². The van der Waals surface area contributed by atoms with E-state index in [1.807, 2.05) is 6.07 Å². The highest BCUT2D eigenvalue weighted by Gasteiger charge is 2.29. The molecule has 2 aliphatic rings. The third kappa shape index (κ3) is 2.42. The average molecular weight is 262 g/mol. The smallest absolute Gasteiger partial charge is 0.231 e. The van der Waals surface area contributed by atoms with Gasteiger partial charge in [-0.15, -0.1) is 0 Å². The molecule has 0 aromatic heterocycles. The molecule has 19 heavy (non-hydrogen) atoms. The Morgan fingerprint density at radius 1 is 1.32 bits per heavy atom. The number of rotatable bonds is 5. The highest BCUT2D eigenvalue weighted by atomic mass is 16.7. The summed E-state index contributed by atoms with van der Waals surface area (Å²) in [4.78, 5) is 2.59.